The molecule has 25 atom stereocenters. The monoisotopic (exact) mass is 1730 g/mol. The molecule has 2 unspecified atom stereocenters. The first-order valence-corrected chi connectivity index (χ1v) is 34.3. The molecule has 9 N–H and O–H groups in total. The predicted molar refractivity (Wildman–Crippen MR) is 242 cm³/mol. The van der Waals surface area contributed by atoms with Crippen LogP contribution in [-0.2, 0) is 161 Å². The summed E-state index contributed by atoms with van der Waals surface area (Å²) in [5.41, 5.74) is 0. The van der Waals surface area contributed by atoms with Crippen LogP contribution in [-0.4, -0.2) is 327 Å². The van der Waals surface area contributed by atoms with Crippen molar-refractivity contribution >= 4 is 94.8 Å². The van der Waals surface area contributed by atoms with Gasteiger partial charge in [-0.2, -0.15) is 0 Å². The van der Waals surface area contributed by atoms with Crippen molar-refractivity contribution in [2.45, 2.75) is 153 Å². The van der Waals surface area contributed by atoms with Crippen molar-refractivity contribution in [2.24, 2.45) is 0 Å². The van der Waals surface area contributed by atoms with Crippen LogP contribution in [0.2, 0.25) is 0 Å². The second kappa shape index (κ2) is 49.0. The Hall–Kier alpha value is 7.26. The number of nitrogens with one attached hydrogen (secondary N) is 3. The van der Waals surface area contributed by atoms with E-state index >= 15 is 0 Å². The maximum Gasteiger partial charge on any atom is 1.00 e. The van der Waals surface area contributed by atoms with Gasteiger partial charge in [0, 0.05) is 7.11 Å². The molecule has 0 spiro atoms. The van der Waals surface area contributed by atoms with Crippen LogP contribution in [0.1, 0.15) is 0 Å². The molecule has 101 heavy (non-hydrogen) atoms. The molecule has 534 valence electrons. The molecule has 0 aliphatic carbocycles. The molecule has 5 rings (SSSR count). The van der Waals surface area contributed by atoms with Crippen LogP contribution >= 0.6 is 0 Å². The summed E-state index contributed by atoms with van der Waals surface area (Å²) in [5, 5.41) is 92.1. The summed E-state index contributed by atoms with van der Waals surface area (Å²) in [5.74, 6) is -5.54. The number of rotatable bonds is 30. The normalized spacial score (nSPS) is 34.8. The van der Waals surface area contributed by atoms with E-state index in [-0.39, 0.29) is 296 Å². The van der Waals surface area contributed by atoms with Gasteiger partial charge >= 0.3 is 296 Å². The number of methoxy groups -OCH3 is 1. The van der Waals surface area contributed by atoms with Crippen molar-refractivity contribution in [3.63, 3.8) is 0 Å². The SMILES string of the molecule is CO[C@H]1O[C@H](COS(=O)(=O)[O-])[C@@H](O[C@@H]2O[C@@H](C(=O)[O-])[C@@H](O[C@H]3O[C@H](COS(=O)(=O)[O-])[C@@H](OC4O[C@H](C(=O)[O-])[C@@H](O[C@H]5O[C@H](COS(=O)(=O)[O-])[C@@H](O)[C@H](O)[C@H]5NS(=O)(=O)[O-])[C@H](O)[C@H]4O)[C@H](OS(=O)(=O)[O-])[C@H]3NS(=O)(=O)[O-])[C@H](O)C2OS(=O)(=O)[O-])[C@H](O)[C@H]1NS(=O)(=O)[O-].[Na+].[Na+].[Na+].[Na+].[Na+].[Na+].[Na+].[Na+].[Na+].[Na+]. The molecule has 70 heteroatoms. The molecule has 5 aliphatic rings. The fourth-order valence-electron chi connectivity index (χ4n) is 8.93. The van der Waals surface area contributed by atoms with Crippen LogP contribution in [0.3, 0.4) is 0 Å². The minimum Gasteiger partial charge on any atom is -0.735 e. The van der Waals surface area contributed by atoms with E-state index in [1.807, 2.05) is 0 Å². The van der Waals surface area contributed by atoms with E-state index in [2.05, 4.69) is 20.9 Å². The summed E-state index contributed by atoms with van der Waals surface area (Å²) in [6.07, 6.45) is -66.6. The molecule has 5 fully saturated rings. The molecular formula is C31H43N3Na10O49S8. The molecule has 5 aliphatic heterocycles. The molecule has 5 heterocycles. The van der Waals surface area contributed by atoms with Crippen LogP contribution in [0, 0.1) is 0 Å². The first-order valence-electron chi connectivity index (χ1n) is 23.4. The van der Waals surface area contributed by atoms with Crippen molar-refractivity contribution in [1.82, 2.24) is 14.2 Å². The number of carbonyl (C=O) groups excluding carboxylic acids is 2. The topological polar surface area (TPSA) is 834 Å². The first kappa shape index (κ1) is 119. The Kier molecular flexibility index (Phi) is 57.7. The molecule has 0 aromatic carbocycles. The number of aliphatic hydroxyl groups is 6. The van der Waals surface area contributed by atoms with Gasteiger partial charge < -0.3 is 134 Å². The molecule has 52 nitrogen and oxygen atoms in total. The zero-order valence-electron chi connectivity index (χ0n) is 53.6. The van der Waals surface area contributed by atoms with E-state index in [9.17, 15) is 154 Å². The van der Waals surface area contributed by atoms with Crippen molar-refractivity contribution in [3.05, 3.63) is 0 Å². The fourth-order valence-corrected chi connectivity index (χ4v) is 12.6. The largest absolute Gasteiger partial charge is 1.00 e. The van der Waals surface area contributed by atoms with Crippen LogP contribution in [0.25, 0.3) is 0 Å². The average molecular weight is 1730 g/mol. The molecular weight excluding hydrogens is 1680 g/mol. The third kappa shape index (κ3) is 38.3. The minimum absolute atomic E-state index is 0. The Morgan fingerprint density at radius 2 is 0.653 bits per heavy atom. The second-order valence-corrected chi connectivity index (χ2v) is 27.1. The van der Waals surface area contributed by atoms with Gasteiger partial charge in [-0.1, -0.05) is 0 Å². The summed E-state index contributed by atoms with van der Waals surface area (Å²) >= 11 is 0. The Labute approximate surface area is 793 Å². The molecule has 0 aromatic heterocycles. The summed E-state index contributed by atoms with van der Waals surface area (Å²) in [7, 11) is -48.4. The third-order valence-electron chi connectivity index (χ3n) is 12.4. The molecule has 0 aromatic rings. The van der Waals surface area contributed by atoms with E-state index in [4.69, 9.17) is 47.4 Å². The fraction of sp³-hybridized carbons (Fsp3) is 0.935. The van der Waals surface area contributed by atoms with Crippen molar-refractivity contribution in [1.29, 1.82) is 0 Å². The van der Waals surface area contributed by atoms with Gasteiger partial charge in [-0.25, -0.2) is 81.5 Å². The first-order chi connectivity index (χ1) is 41.2. The number of aliphatic carboxylic acids is 2. The number of ether oxygens (including phenoxy) is 10. The van der Waals surface area contributed by atoms with Crippen molar-refractivity contribution in [2.75, 3.05) is 26.9 Å². The zero-order valence-corrected chi connectivity index (χ0v) is 80.1. The van der Waals surface area contributed by atoms with Gasteiger partial charge in [0.25, 0.3) is 0 Å². The van der Waals surface area contributed by atoms with Crippen molar-refractivity contribution < 1.29 is 518 Å². The van der Waals surface area contributed by atoms with Gasteiger partial charge in [-0.15, -0.1) is 0 Å². The van der Waals surface area contributed by atoms with E-state index in [0.29, 0.717) is 7.11 Å². The van der Waals surface area contributed by atoms with Crippen LogP contribution in [0.4, 0.5) is 0 Å². The van der Waals surface area contributed by atoms with Gasteiger partial charge in [-0.05, 0) is 0 Å². The summed E-state index contributed by atoms with van der Waals surface area (Å²) in [4.78, 5) is 25.5. The number of aliphatic hydroxyl groups excluding tert-OH is 6. The number of hydrogen-bond donors (Lipinski definition) is 9. The molecule has 5 saturated heterocycles. The maximum atomic E-state index is 12.8. The number of carbonyl (C=O) groups is 2. The van der Waals surface area contributed by atoms with Gasteiger partial charge in [0.05, 0.1) is 31.8 Å². The number of carboxylic acids is 2. The average Bonchev–Trinajstić information content (AvgIpc) is 0.764. The summed E-state index contributed by atoms with van der Waals surface area (Å²) < 4.78 is 359. The zero-order chi connectivity index (χ0) is 69.4. The van der Waals surface area contributed by atoms with Gasteiger partial charge in [0.15, 0.2) is 68.5 Å². The summed E-state index contributed by atoms with van der Waals surface area (Å²) in [6.45, 7) is -5.44. The molecule has 0 bridgehead atoms. The summed E-state index contributed by atoms with van der Waals surface area (Å²) in [6, 6.07) is -8.60. The quantitative estimate of drug-likeness (QED) is 0.0183. The van der Waals surface area contributed by atoms with E-state index in [1.165, 1.54) is 4.72 Å². The smallest absolute Gasteiger partial charge is 0.735 e. The van der Waals surface area contributed by atoms with E-state index in [0.717, 1.165) is 9.44 Å². The van der Waals surface area contributed by atoms with Gasteiger partial charge in [-0.3, -0.25) is 20.9 Å². The van der Waals surface area contributed by atoms with Gasteiger partial charge in [0.2, 0.25) is 52.0 Å². The van der Waals surface area contributed by atoms with E-state index in [1.54, 1.807) is 0 Å². The second-order valence-electron chi connectivity index (χ2n) is 18.5. The van der Waals surface area contributed by atoms with Crippen LogP contribution < -0.4 is 320 Å². The number of carboxylic acid groups (broad SMARTS) is 2. The Morgan fingerprint density at radius 1 is 0.337 bits per heavy atom. The molecule has 0 saturated carbocycles. The Morgan fingerprint density at radius 3 is 1.04 bits per heavy atom. The third-order valence-corrected chi connectivity index (χ3v) is 16.2. The van der Waals surface area contributed by atoms with Crippen molar-refractivity contribution in [3.8, 4) is 0 Å². The minimum atomic E-state index is -6.68. The van der Waals surface area contributed by atoms with Crippen LogP contribution in [0.5, 0.6) is 0 Å². The molecule has 0 amide bonds. The maximum absolute atomic E-state index is 12.8. The number of hydrogen-bond acceptors (Lipinski definition) is 49. The van der Waals surface area contributed by atoms with Crippen LogP contribution in [0.15, 0.2) is 0 Å². The van der Waals surface area contributed by atoms with E-state index < -0.39 is 268 Å². The predicted octanol–water partition coefficient (Wildman–Crippen LogP) is -49.1. The molecule has 0 radical (unpaired) electrons. The Bertz CT molecular complexity index is 3530. The Balaban J connectivity index is -0.00000226. The standard InChI is InChI=1S/C31H53N3O49S8.10Na/c1-69-27-9(33-85(48,49)50)13(37)17(6(74-27)3-71-88(57,58)59)76-31-22(83-91(66,67)68)16(40)21(24(81-31)26(43)44)79-29-10(34-86(51,52)53)19(82-90(63,64)65)18(7(75-29)4-72-89(60,61)62)77-30-15(39)14(38)20(23(80-30)25(41)42)78-28-8(32-84(45,46)47)12(36)11(35)5(73-28)2-70-87(54,55)56;;;;;;;;;;/h5-24,27-40H,2-4H2,1H3,(H,41,42)(H,43,44)(H,45,46,47)(H,48,49,50)(H,51,52,53)(H,54,55,56)(H,57,58,59)(H,60,61,62)(H,63,64,65)(H,66,67,68);;;;;;;;;;/q;10*+1/p-10/t5-,6-,7-,8-,9-,10-,11-,12-,13-,14-,15-,16+,17-,18-,19-,20+,21+,22?,23+,24-,27+,28-,29-,30?,31-;;;;;;;;;;/m1........../s1. The van der Waals surface area contributed by atoms with Gasteiger partial charge in [0.1, 0.15) is 116 Å².